The zero-order valence-corrected chi connectivity index (χ0v) is 11.8. The lowest BCUT2D eigenvalue weighted by molar-refractivity contribution is 0.0696. The number of carbonyl (C=O) groups excluding carboxylic acids is 1. The fourth-order valence-corrected chi connectivity index (χ4v) is 2.62. The molecule has 1 fully saturated rings. The van der Waals surface area contributed by atoms with E-state index in [9.17, 15) is 4.79 Å². The number of hydrogen-bond donors (Lipinski definition) is 1. The summed E-state index contributed by atoms with van der Waals surface area (Å²) in [6.07, 6.45) is 5.57. The molecule has 2 aromatic rings. The van der Waals surface area contributed by atoms with Crippen LogP contribution in [0, 0.1) is 0 Å². The molecule has 0 saturated carbocycles. The predicted molar refractivity (Wildman–Crippen MR) is 79.9 cm³/mol. The van der Waals surface area contributed by atoms with E-state index in [1.54, 1.807) is 12.4 Å². The topological polar surface area (TPSA) is 58.1 Å². The number of amides is 1. The Hall–Kier alpha value is -2.27. The van der Waals surface area contributed by atoms with Crippen LogP contribution in [0.5, 0.6) is 0 Å². The van der Waals surface area contributed by atoms with E-state index in [2.05, 4.69) is 27.4 Å². The fourth-order valence-electron chi connectivity index (χ4n) is 2.62. The number of nitrogens with one attached hydrogen (secondary N) is 1. The lowest BCUT2D eigenvalue weighted by Crippen LogP contribution is -2.53. The number of piperazine rings is 1. The summed E-state index contributed by atoms with van der Waals surface area (Å²) >= 11 is 0. The highest BCUT2D eigenvalue weighted by Crippen LogP contribution is 2.09. The summed E-state index contributed by atoms with van der Waals surface area (Å²) in [4.78, 5) is 22.3. The van der Waals surface area contributed by atoms with Gasteiger partial charge in [-0.15, -0.1) is 0 Å². The van der Waals surface area contributed by atoms with Crippen LogP contribution < -0.4 is 5.32 Å². The van der Waals surface area contributed by atoms with E-state index in [4.69, 9.17) is 0 Å². The van der Waals surface area contributed by atoms with Crippen molar-refractivity contribution < 1.29 is 4.79 Å². The van der Waals surface area contributed by atoms with Gasteiger partial charge in [-0.05, 0) is 12.0 Å². The quantitative estimate of drug-likeness (QED) is 0.917. The number of carbonyl (C=O) groups is 1. The Bertz CT molecular complexity index is 588. The molecule has 1 atom stereocenters. The van der Waals surface area contributed by atoms with Gasteiger partial charge in [0.1, 0.15) is 5.69 Å². The molecule has 1 aromatic carbocycles. The first kappa shape index (κ1) is 13.7. The highest BCUT2D eigenvalue weighted by molar-refractivity contribution is 5.92. The van der Waals surface area contributed by atoms with Gasteiger partial charge in [-0.1, -0.05) is 30.3 Å². The largest absolute Gasteiger partial charge is 0.334 e. The zero-order valence-electron chi connectivity index (χ0n) is 11.8. The molecule has 1 unspecified atom stereocenters. The Morgan fingerprint density at radius 1 is 1.29 bits per heavy atom. The predicted octanol–water partition coefficient (Wildman–Crippen LogP) is 1.13. The van der Waals surface area contributed by atoms with Crippen LogP contribution in [0.4, 0.5) is 0 Å². The fraction of sp³-hybridized carbons (Fsp3) is 0.312. The van der Waals surface area contributed by atoms with Gasteiger partial charge in [0.15, 0.2) is 0 Å². The minimum Gasteiger partial charge on any atom is -0.334 e. The third-order valence-corrected chi connectivity index (χ3v) is 3.65. The molecule has 108 valence electrons. The van der Waals surface area contributed by atoms with Crippen LogP contribution in [-0.4, -0.2) is 46.5 Å². The molecule has 5 nitrogen and oxygen atoms in total. The molecular weight excluding hydrogens is 264 g/mol. The highest BCUT2D eigenvalue weighted by Gasteiger charge is 2.24. The van der Waals surface area contributed by atoms with Crippen molar-refractivity contribution in [3.05, 3.63) is 60.2 Å². The highest BCUT2D eigenvalue weighted by atomic mass is 16.2. The lowest BCUT2D eigenvalue weighted by atomic mass is 10.0. The van der Waals surface area contributed by atoms with Crippen molar-refractivity contribution in [1.82, 2.24) is 20.2 Å². The van der Waals surface area contributed by atoms with Gasteiger partial charge in [0.05, 0.1) is 6.20 Å². The second kappa shape index (κ2) is 6.45. The lowest BCUT2D eigenvalue weighted by Gasteiger charge is -2.33. The Balaban J connectivity index is 1.64. The van der Waals surface area contributed by atoms with Gasteiger partial charge >= 0.3 is 0 Å². The molecule has 2 heterocycles. The van der Waals surface area contributed by atoms with Crippen LogP contribution in [0.25, 0.3) is 0 Å². The summed E-state index contributed by atoms with van der Waals surface area (Å²) in [5, 5.41) is 3.47. The number of hydrogen-bond acceptors (Lipinski definition) is 4. The first-order chi connectivity index (χ1) is 10.3. The molecule has 1 amide bonds. The van der Waals surface area contributed by atoms with E-state index in [0.29, 0.717) is 18.8 Å². The smallest absolute Gasteiger partial charge is 0.274 e. The molecule has 1 aliphatic heterocycles. The van der Waals surface area contributed by atoms with Crippen LogP contribution in [0.3, 0.4) is 0 Å². The van der Waals surface area contributed by atoms with Gasteiger partial charge < -0.3 is 10.2 Å². The van der Waals surface area contributed by atoms with Crippen LogP contribution in [-0.2, 0) is 6.42 Å². The first-order valence-electron chi connectivity index (χ1n) is 7.15. The third-order valence-electron chi connectivity index (χ3n) is 3.65. The van der Waals surface area contributed by atoms with Crippen molar-refractivity contribution in [1.29, 1.82) is 0 Å². The molecule has 0 radical (unpaired) electrons. The number of rotatable bonds is 3. The maximum Gasteiger partial charge on any atom is 0.274 e. The van der Waals surface area contributed by atoms with Gasteiger partial charge in [-0.25, -0.2) is 4.98 Å². The van der Waals surface area contributed by atoms with Crippen LogP contribution >= 0.6 is 0 Å². The van der Waals surface area contributed by atoms with Gasteiger partial charge in [-0.2, -0.15) is 0 Å². The van der Waals surface area contributed by atoms with Crippen molar-refractivity contribution >= 4 is 5.91 Å². The average molecular weight is 282 g/mol. The number of nitrogens with zero attached hydrogens (tertiary/aromatic N) is 3. The van der Waals surface area contributed by atoms with Gasteiger partial charge in [-0.3, -0.25) is 9.78 Å². The molecule has 1 N–H and O–H groups in total. The standard InChI is InChI=1S/C16H18N4O/c21-16(15-11-17-6-7-19-15)20-9-8-18-14(12-20)10-13-4-2-1-3-5-13/h1-7,11,14,18H,8-10,12H2. The number of benzene rings is 1. The zero-order chi connectivity index (χ0) is 14.5. The molecule has 3 rings (SSSR count). The molecule has 0 bridgehead atoms. The van der Waals surface area contributed by atoms with Crippen LogP contribution in [0.2, 0.25) is 0 Å². The van der Waals surface area contributed by atoms with E-state index in [1.807, 2.05) is 23.1 Å². The van der Waals surface area contributed by atoms with Crippen molar-refractivity contribution in [3.63, 3.8) is 0 Å². The van der Waals surface area contributed by atoms with E-state index >= 15 is 0 Å². The molecular formula is C16H18N4O. The van der Waals surface area contributed by atoms with Crippen LogP contribution in [0.1, 0.15) is 16.1 Å². The SMILES string of the molecule is O=C(c1cnccn1)N1CCNC(Cc2ccccc2)C1. The Kier molecular flexibility index (Phi) is 4.21. The van der Waals surface area contributed by atoms with Crippen molar-refractivity contribution in [2.24, 2.45) is 0 Å². The number of aromatic nitrogens is 2. The molecule has 1 saturated heterocycles. The Labute approximate surface area is 124 Å². The minimum absolute atomic E-state index is 0.0392. The normalized spacial score (nSPS) is 18.5. The molecule has 21 heavy (non-hydrogen) atoms. The summed E-state index contributed by atoms with van der Waals surface area (Å²) < 4.78 is 0. The van der Waals surface area contributed by atoms with Gasteiger partial charge in [0.25, 0.3) is 5.91 Å². The summed E-state index contributed by atoms with van der Waals surface area (Å²) in [6.45, 7) is 2.22. The second-order valence-corrected chi connectivity index (χ2v) is 5.18. The van der Waals surface area contributed by atoms with E-state index in [0.717, 1.165) is 13.0 Å². The molecule has 5 heteroatoms. The molecule has 0 aliphatic carbocycles. The Morgan fingerprint density at radius 2 is 2.14 bits per heavy atom. The Morgan fingerprint density at radius 3 is 2.90 bits per heavy atom. The van der Waals surface area contributed by atoms with E-state index < -0.39 is 0 Å². The summed E-state index contributed by atoms with van der Waals surface area (Å²) in [5.74, 6) is -0.0392. The van der Waals surface area contributed by atoms with Crippen LogP contribution in [0.15, 0.2) is 48.9 Å². The maximum absolute atomic E-state index is 12.4. The van der Waals surface area contributed by atoms with Gasteiger partial charge in [0.2, 0.25) is 0 Å². The van der Waals surface area contributed by atoms with Crippen molar-refractivity contribution in [2.45, 2.75) is 12.5 Å². The second-order valence-electron chi connectivity index (χ2n) is 5.18. The van der Waals surface area contributed by atoms with E-state index in [1.165, 1.54) is 11.8 Å². The first-order valence-corrected chi connectivity index (χ1v) is 7.15. The summed E-state index contributed by atoms with van der Waals surface area (Å²) in [5.41, 5.74) is 1.70. The molecule has 1 aliphatic rings. The maximum atomic E-state index is 12.4. The minimum atomic E-state index is -0.0392. The average Bonchev–Trinajstić information content (AvgIpc) is 2.56. The van der Waals surface area contributed by atoms with Crippen molar-refractivity contribution in [2.75, 3.05) is 19.6 Å². The summed E-state index contributed by atoms with van der Waals surface area (Å²) in [6, 6.07) is 10.6. The van der Waals surface area contributed by atoms with E-state index in [-0.39, 0.29) is 11.9 Å². The molecule has 1 aromatic heterocycles. The monoisotopic (exact) mass is 282 g/mol. The third kappa shape index (κ3) is 3.44. The van der Waals surface area contributed by atoms with Gasteiger partial charge in [0, 0.05) is 38.1 Å². The molecule has 0 spiro atoms. The summed E-state index contributed by atoms with van der Waals surface area (Å²) in [7, 11) is 0. The van der Waals surface area contributed by atoms with Crippen molar-refractivity contribution in [3.8, 4) is 0 Å².